The molecule has 0 heterocycles. The second-order valence-electron chi connectivity index (χ2n) is 19.2. The fourth-order valence-electron chi connectivity index (χ4n) is 9.56. The van der Waals surface area contributed by atoms with Gasteiger partial charge in [0.1, 0.15) is 35.9 Å². The Hall–Kier alpha value is -6.11. The number of hydrogen-bond acceptors (Lipinski definition) is 19. The highest BCUT2D eigenvalue weighted by Gasteiger charge is 2.37. The number of ether oxygens (including phenoxy) is 10. The van der Waals surface area contributed by atoms with Gasteiger partial charge in [-0.25, -0.2) is 14.4 Å². The second kappa shape index (κ2) is 31.6. The molecule has 0 unspecified atom stereocenters. The summed E-state index contributed by atoms with van der Waals surface area (Å²) < 4.78 is 54.6. The summed E-state index contributed by atoms with van der Waals surface area (Å²) in [5.74, 6) is -6.54. The molecule has 0 aromatic heterocycles. The van der Waals surface area contributed by atoms with E-state index in [1.165, 1.54) is 18.2 Å². The average molecular weight is 1040 g/mol. The lowest BCUT2D eigenvalue weighted by atomic mass is 9.82. The van der Waals surface area contributed by atoms with E-state index in [0.29, 0.717) is 135 Å². The van der Waals surface area contributed by atoms with Gasteiger partial charge in [0.25, 0.3) is 0 Å². The van der Waals surface area contributed by atoms with E-state index in [1.54, 1.807) is 6.92 Å². The van der Waals surface area contributed by atoms with E-state index >= 15 is 0 Å². The summed E-state index contributed by atoms with van der Waals surface area (Å²) in [4.78, 5) is 114. The molecule has 19 heteroatoms. The third kappa shape index (κ3) is 19.6. The zero-order chi connectivity index (χ0) is 53.2. The highest BCUT2D eigenvalue weighted by atomic mass is 16.6. The van der Waals surface area contributed by atoms with Crippen LogP contribution in [0, 0.1) is 35.5 Å². The van der Waals surface area contributed by atoms with E-state index in [2.05, 4.69) is 13.2 Å². The van der Waals surface area contributed by atoms with Crippen LogP contribution in [0.15, 0.2) is 43.5 Å². The minimum Gasteiger partial charge on any atom is -0.465 e. The van der Waals surface area contributed by atoms with Crippen molar-refractivity contribution in [3.8, 4) is 11.5 Å². The van der Waals surface area contributed by atoms with Crippen molar-refractivity contribution in [2.45, 2.75) is 148 Å². The Labute approximate surface area is 433 Å². The Morgan fingerprint density at radius 1 is 0.446 bits per heavy atom. The fraction of sp³-hybridized carbons (Fsp3) is 0.655. The maximum absolute atomic E-state index is 13.5. The zero-order valence-electron chi connectivity index (χ0n) is 42.8. The molecular formula is C55H74O19. The minimum atomic E-state index is -0.812. The molecule has 0 bridgehead atoms. The molecule has 1 aromatic carbocycles. The molecule has 0 aliphatic heterocycles. The summed E-state index contributed by atoms with van der Waals surface area (Å²) in [6.45, 7) is 9.89. The van der Waals surface area contributed by atoms with Crippen LogP contribution in [0.2, 0.25) is 0 Å². The number of benzene rings is 1. The lowest BCUT2D eigenvalue weighted by molar-refractivity contribution is -0.161. The number of carbonyl (C=O) groups is 9. The van der Waals surface area contributed by atoms with Gasteiger partial charge < -0.3 is 47.4 Å². The second-order valence-corrected chi connectivity index (χ2v) is 19.2. The number of unbranched alkanes of at least 4 members (excludes halogenated alkanes) is 2. The summed E-state index contributed by atoms with van der Waals surface area (Å²) in [6, 6.07) is 4.10. The molecule has 0 spiro atoms. The van der Waals surface area contributed by atoms with Crippen molar-refractivity contribution in [3.63, 3.8) is 0 Å². The normalized spacial score (nSPS) is 23.6. The molecule has 4 aliphatic rings. The van der Waals surface area contributed by atoms with Gasteiger partial charge in [-0.3, -0.25) is 28.8 Å². The highest BCUT2D eigenvalue weighted by molar-refractivity contribution is 5.94. The average Bonchev–Trinajstić information content (AvgIpc) is 3.42. The third-order valence-corrected chi connectivity index (χ3v) is 14.0. The quantitative estimate of drug-likeness (QED) is 0.0270. The van der Waals surface area contributed by atoms with Crippen LogP contribution < -0.4 is 9.47 Å². The lowest BCUT2D eigenvalue weighted by Gasteiger charge is -2.30. The van der Waals surface area contributed by atoms with Crippen molar-refractivity contribution in [1.82, 2.24) is 0 Å². The standard InChI is InChI=1S/C55H74O19/c1-4-47(56)66-29-7-9-31-68-49(58)36-19-23-42(24-20-36)71-51(60)38-11-13-40(14-12-38)53(62)73-44-27-28-46(45(35-44)55(64)70-34-33-65-6-3)74-54(63)41-17-15-39(16-18-41)52(61)72-43-25-21-37(22-26-43)50(59)69-32-10-8-30-67-48(57)5-2/h4-5,27-28,35-43H,1-2,6-26,29-34H2,3H3. The van der Waals surface area contributed by atoms with E-state index in [0.717, 1.165) is 12.2 Å². The van der Waals surface area contributed by atoms with Crippen molar-refractivity contribution >= 4 is 53.7 Å². The number of esters is 9. The van der Waals surface area contributed by atoms with Gasteiger partial charge in [-0.15, -0.1) is 0 Å². The topological polar surface area (TPSA) is 246 Å². The van der Waals surface area contributed by atoms with Crippen molar-refractivity contribution < 1.29 is 90.5 Å². The Morgan fingerprint density at radius 3 is 1.24 bits per heavy atom. The molecular weight excluding hydrogens is 965 g/mol. The summed E-state index contributed by atoms with van der Waals surface area (Å²) >= 11 is 0. The van der Waals surface area contributed by atoms with Crippen LogP contribution in [0.4, 0.5) is 0 Å². The van der Waals surface area contributed by atoms with Crippen LogP contribution in [-0.2, 0) is 76.3 Å². The molecule has 4 aliphatic carbocycles. The molecule has 0 atom stereocenters. The number of hydrogen-bond donors (Lipinski definition) is 0. The van der Waals surface area contributed by atoms with Crippen LogP contribution in [0.1, 0.15) is 146 Å². The Bertz CT molecular complexity index is 2070. The van der Waals surface area contributed by atoms with Crippen LogP contribution in [0.5, 0.6) is 11.5 Å². The molecule has 0 saturated heterocycles. The molecule has 4 fully saturated rings. The minimum absolute atomic E-state index is 0.0454. The van der Waals surface area contributed by atoms with Gasteiger partial charge >= 0.3 is 53.7 Å². The van der Waals surface area contributed by atoms with Gasteiger partial charge in [-0.05, 0) is 154 Å². The first-order valence-electron chi connectivity index (χ1n) is 26.4. The Balaban J connectivity index is 1.02. The summed E-state index contributed by atoms with van der Waals surface area (Å²) in [5, 5.41) is 0. The van der Waals surface area contributed by atoms with E-state index in [1.807, 2.05) is 0 Å². The van der Waals surface area contributed by atoms with Crippen LogP contribution >= 0.6 is 0 Å². The van der Waals surface area contributed by atoms with Gasteiger partial charge in [0.2, 0.25) is 0 Å². The van der Waals surface area contributed by atoms with Crippen molar-refractivity contribution in [1.29, 1.82) is 0 Å². The zero-order valence-corrected chi connectivity index (χ0v) is 42.8. The van der Waals surface area contributed by atoms with E-state index in [4.69, 9.17) is 47.4 Å². The van der Waals surface area contributed by atoms with Gasteiger partial charge in [0.05, 0.1) is 68.5 Å². The SMILES string of the molecule is C=CC(=O)OCCCCOC(=O)C1CCC(OC(=O)C2CCC(C(=O)Oc3ccc(OC(=O)C4CCC(C(=O)OC5CCC(C(=O)OCCCCOC(=O)C=C)CC5)CC4)c(C(=O)OCCOCC)c3)CC2)CC1. The molecule has 19 nitrogen and oxygen atoms in total. The van der Waals surface area contributed by atoms with E-state index in [-0.39, 0.29) is 111 Å². The first-order chi connectivity index (χ1) is 35.8. The molecule has 0 radical (unpaired) electrons. The Morgan fingerprint density at radius 2 is 0.824 bits per heavy atom. The molecule has 0 amide bonds. The predicted octanol–water partition coefficient (Wildman–Crippen LogP) is 7.61. The van der Waals surface area contributed by atoms with Gasteiger partial charge in [0, 0.05) is 18.8 Å². The van der Waals surface area contributed by atoms with Crippen molar-refractivity contribution in [2.24, 2.45) is 35.5 Å². The van der Waals surface area contributed by atoms with Crippen LogP contribution in [0.25, 0.3) is 0 Å². The number of carbonyl (C=O) groups excluding carboxylic acids is 9. The predicted molar refractivity (Wildman–Crippen MR) is 262 cm³/mol. The highest BCUT2D eigenvalue weighted by Crippen LogP contribution is 2.36. The summed E-state index contributed by atoms with van der Waals surface area (Å²) in [6.07, 6.45) is 11.3. The maximum Gasteiger partial charge on any atom is 0.342 e. The van der Waals surface area contributed by atoms with E-state index in [9.17, 15) is 43.2 Å². The molecule has 1 aromatic rings. The van der Waals surface area contributed by atoms with Gasteiger partial charge in [-0.2, -0.15) is 0 Å². The summed E-state index contributed by atoms with van der Waals surface area (Å²) in [7, 11) is 0. The first kappa shape index (κ1) is 58.8. The van der Waals surface area contributed by atoms with Crippen LogP contribution in [-0.4, -0.2) is 112 Å². The van der Waals surface area contributed by atoms with Crippen molar-refractivity contribution in [2.75, 3.05) is 46.2 Å². The van der Waals surface area contributed by atoms with Gasteiger partial charge in [0.15, 0.2) is 0 Å². The summed E-state index contributed by atoms with van der Waals surface area (Å²) in [5.41, 5.74) is -0.123. The molecule has 74 heavy (non-hydrogen) atoms. The first-order valence-corrected chi connectivity index (χ1v) is 26.4. The monoisotopic (exact) mass is 1040 g/mol. The maximum atomic E-state index is 13.5. The molecule has 4 saturated carbocycles. The largest absolute Gasteiger partial charge is 0.465 e. The Kier molecular flexibility index (Phi) is 25.1. The molecule has 0 N–H and O–H groups in total. The van der Waals surface area contributed by atoms with Gasteiger partial charge in [-0.1, -0.05) is 13.2 Å². The van der Waals surface area contributed by atoms with Crippen LogP contribution in [0.3, 0.4) is 0 Å². The molecule has 408 valence electrons. The lowest BCUT2D eigenvalue weighted by Crippen LogP contribution is -2.33. The number of rotatable bonds is 27. The third-order valence-electron chi connectivity index (χ3n) is 14.0. The molecule has 5 rings (SSSR count). The smallest absolute Gasteiger partial charge is 0.342 e. The van der Waals surface area contributed by atoms with Crippen molar-refractivity contribution in [3.05, 3.63) is 49.1 Å². The van der Waals surface area contributed by atoms with E-state index < -0.39 is 47.6 Å². The fourth-order valence-corrected chi connectivity index (χ4v) is 9.56.